The molecule has 0 saturated carbocycles. The first-order valence-electron chi connectivity index (χ1n) is 11.5. The standard InChI is InChI=1S/C28H34N2O2/c1-5-21(3)29-28(32)22(4)30(19-25-13-7-6-11-20(25)2)27(31)18-17-24-15-10-14-23-12-8-9-16-26(23)24/h6-16,21-22H,5,17-19H2,1-4H3,(H,29,32)/t21-,22+/m1/s1. The molecule has 0 aliphatic carbocycles. The summed E-state index contributed by atoms with van der Waals surface area (Å²) in [5, 5.41) is 5.38. The van der Waals surface area contributed by atoms with E-state index in [1.54, 1.807) is 4.90 Å². The number of benzene rings is 3. The lowest BCUT2D eigenvalue weighted by molar-refractivity contribution is -0.140. The normalized spacial score (nSPS) is 12.9. The summed E-state index contributed by atoms with van der Waals surface area (Å²) in [6.45, 7) is 8.31. The quantitative estimate of drug-likeness (QED) is 0.493. The number of carbonyl (C=O) groups excluding carboxylic acids is 2. The highest BCUT2D eigenvalue weighted by atomic mass is 16.2. The molecule has 3 rings (SSSR count). The van der Waals surface area contributed by atoms with Crippen molar-refractivity contribution >= 4 is 22.6 Å². The van der Waals surface area contributed by atoms with Gasteiger partial charge in [-0.3, -0.25) is 9.59 Å². The average molecular weight is 431 g/mol. The minimum atomic E-state index is -0.538. The van der Waals surface area contributed by atoms with Crippen molar-refractivity contribution in [3.05, 3.63) is 83.4 Å². The number of aryl methyl sites for hydroxylation is 2. The fourth-order valence-electron chi connectivity index (χ4n) is 3.91. The molecule has 32 heavy (non-hydrogen) atoms. The molecule has 4 nitrogen and oxygen atoms in total. The Morgan fingerprint density at radius 2 is 1.56 bits per heavy atom. The number of amides is 2. The van der Waals surface area contributed by atoms with Gasteiger partial charge in [0.25, 0.3) is 0 Å². The van der Waals surface area contributed by atoms with Crippen LogP contribution >= 0.6 is 0 Å². The van der Waals surface area contributed by atoms with Gasteiger partial charge in [-0.2, -0.15) is 0 Å². The largest absolute Gasteiger partial charge is 0.352 e. The molecular weight excluding hydrogens is 396 g/mol. The molecule has 168 valence electrons. The van der Waals surface area contributed by atoms with Gasteiger partial charge >= 0.3 is 0 Å². The van der Waals surface area contributed by atoms with Crippen molar-refractivity contribution in [2.45, 2.75) is 65.6 Å². The Morgan fingerprint density at radius 3 is 2.31 bits per heavy atom. The third kappa shape index (κ3) is 5.76. The summed E-state index contributed by atoms with van der Waals surface area (Å²) in [4.78, 5) is 28.0. The van der Waals surface area contributed by atoms with Crippen LogP contribution in [0.1, 0.15) is 50.3 Å². The number of rotatable bonds is 9. The Morgan fingerprint density at radius 1 is 0.906 bits per heavy atom. The van der Waals surface area contributed by atoms with Crippen molar-refractivity contribution in [1.82, 2.24) is 10.2 Å². The smallest absolute Gasteiger partial charge is 0.242 e. The van der Waals surface area contributed by atoms with E-state index < -0.39 is 6.04 Å². The highest BCUT2D eigenvalue weighted by Crippen LogP contribution is 2.21. The van der Waals surface area contributed by atoms with Gasteiger partial charge in [0, 0.05) is 19.0 Å². The first kappa shape index (κ1) is 23.5. The van der Waals surface area contributed by atoms with E-state index >= 15 is 0 Å². The van der Waals surface area contributed by atoms with Crippen LogP contribution in [0.3, 0.4) is 0 Å². The van der Waals surface area contributed by atoms with Gasteiger partial charge in [0.1, 0.15) is 6.04 Å². The first-order valence-corrected chi connectivity index (χ1v) is 11.5. The number of nitrogens with zero attached hydrogens (tertiary/aromatic N) is 1. The van der Waals surface area contributed by atoms with Crippen molar-refractivity contribution in [3.63, 3.8) is 0 Å². The van der Waals surface area contributed by atoms with E-state index in [9.17, 15) is 9.59 Å². The van der Waals surface area contributed by atoms with Gasteiger partial charge in [0.2, 0.25) is 11.8 Å². The molecule has 0 radical (unpaired) electrons. The summed E-state index contributed by atoms with van der Waals surface area (Å²) in [7, 11) is 0. The molecule has 0 unspecified atom stereocenters. The van der Waals surface area contributed by atoms with E-state index in [0.29, 0.717) is 19.4 Å². The second-order valence-corrected chi connectivity index (χ2v) is 8.58. The molecule has 0 aliphatic rings. The van der Waals surface area contributed by atoms with Gasteiger partial charge in [-0.25, -0.2) is 0 Å². The van der Waals surface area contributed by atoms with Gasteiger partial charge in [-0.05, 0) is 61.1 Å². The number of hydrogen-bond acceptors (Lipinski definition) is 2. The molecule has 2 amide bonds. The zero-order valence-corrected chi connectivity index (χ0v) is 19.6. The third-order valence-electron chi connectivity index (χ3n) is 6.26. The van der Waals surface area contributed by atoms with Crippen molar-refractivity contribution in [2.75, 3.05) is 0 Å². The molecular formula is C28H34N2O2. The second kappa shape index (κ2) is 10.9. The van der Waals surface area contributed by atoms with Crippen LogP contribution in [0.2, 0.25) is 0 Å². The lowest BCUT2D eigenvalue weighted by Gasteiger charge is -2.30. The first-order chi connectivity index (χ1) is 15.4. The summed E-state index contributed by atoms with van der Waals surface area (Å²) >= 11 is 0. The van der Waals surface area contributed by atoms with Crippen molar-refractivity contribution in [3.8, 4) is 0 Å². The predicted molar refractivity (Wildman–Crippen MR) is 131 cm³/mol. The van der Waals surface area contributed by atoms with Gasteiger partial charge < -0.3 is 10.2 Å². The van der Waals surface area contributed by atoms with Crippen LogP contribution in [0.4, 0.5) is 0 Å². The molecule has 3 aromatic rings. The Kier molecular flexibility index (Phi) is 8.04. The SMILES string of the molecule is CC[C@@H](C)NC(=O)[C@H](C)N(Cc1ccccc1C)C(=O)CCc1cccc2ccccc12. The van der Waals surface area contributed by atoms with E-state index in [4.69, 9.17) is 0 Å². The minimum absolute atomic E-state index is 0.00649. The highest BCUT2D eigenvalue weighted by Gasteiger charge is 2.27. The maximum absolute atomic E-state index is 13.4. The fourth-order valence-corrected chi connectivity index (χ4v) is 3.91. The summed E-state index contributed by atoms with van der Waals surface area (Å²) in [6, 6.07) is 22.0. The molecule has 0 aliphatic heterocycles. The van der Waals surface area contributed by atoms with E-state index in [1.165, 1.54) is 10.8 Å². The topological polar surface area (TPSA) is 49.4 Å². The Balaban J connectivity index is 1.80. The van der Waals surface area contributed by atoms with Crippen LogP contribution in [0.25, 0.3) is 10.8 Å². The van der Waals surface area contributed by atoms with Crippen LogP contribution in [0, 0.1) is 6.92 Å². The molecule has 1 N–H and O–H groups in total. The van der Waals surface area contributed by atoms with Crippen molar-refractivity contribution < 1.29 is 9.59 Å². The van der Waals surface area contributed by atoms with Crippen LogP contribution in [0.5, 0.6) is 0 Å². The van der Waals surface area contributed by atoms with Gasteiger partial charge in [0.05, 0.1) is 0 Å². The van der Waals surface area contributed by atoms with Crippen LogP contribution in [0.15, 0.2) is 66.7 Å². The van der Waals surface area contributed by atoms with Crippen LogP contribution < -0.4 is 5.32 Å². The molecule has 0 bridgehead atoms. The number of nitrogens with one attached hydrogen (secondary N) is 1. The van der Waals surface area contributed by atoms with Gasteiger partial charge in [-0.15, -0.1) is 0 Å². The van der Waals surface area contributed by atoms with E-state index in [0.717, 1.165) is 23.1 Å². The third-order valence-corrected chi connectivity index (χ3v) is 6.26. The number of carbonyl (C=O) groups is 2. The monoisotopic (exact) mass is 430 g/mol. The molecule has 2 atom stereocenters. The van der Waals surface area contributed by atoms with Crippen LogP contribution in [-0.4, -0.2) is 28.8 Å². The highest BCUT2D eigenvalue weighted by molar-refractivity contribution is 5.89. The van der Waals surface area contributed by atoms with Gasteiger partial charge in [0.15, 0.2) is 0 Å². The number of fused-ring (bicyclic) bond motifs is 1. The molecule has 0 spiro atoms. The lowest BCUT2D eigenvalue weighted by atomic mass is 10.00. The Hall–Kier alpha value is -3.14. The minimum Gasteiger partial charge on any atom is -0.352 e. The summed E-state index contributed by atoms with van der Waals surface area (Å²) in [5.41, 5.74) is 3.34. The van der Waals surface area contributed by atoms with Crippen LogP contribution in [-0.2, 0) is 22.6 Å². The van der Waals surface area contributed by atoms with Gasteiger partial charge in [-0.1, -0.05) is 73.7 Å². The van der Waals surface area contributed by atoms with E-state index in [-0.39, 0.29) is 17.9 Å². The molecule has 0 saturated heterocycles. The Bertz CT molecular complexity index is 1070. The summed E-state index contributed by atoms with van der Waals surface area (Å²) in [6.07, 6.45) is 1.86. The summed E-state index contributed by atoms with van der Waals surface area (Å²) in [5.74, 6) is -0.112. The lowest BCUT2D eigenvalue weighted by Crippen LogP contribution is -2.49. The zero-order valence-electron chi connectivity index (χ0n) is 19.6. The average Bonchev–Trinajstić information content (AvgIpc) is 2.81. The molecule has 0 fully saturated rings. The maximum atomic E-state index is 13.4. The summed E-state index contributed by atoms with van der Waals surface area (Å²) < 4.78 is 0. The number of hydrogen-bond donors (Lipinski definition) is 1. The fraction of sp³-hybridized carbons (Fsp3) is 0.357. The van der Waals surface area contributed by atoms with Crippen molar-refractivity contribution in [1.29, 1.82) is 0 Å². The van der Waals surface area contributed by atoms with Crippen molar-refractivity contribution in [2.24, 2.45) is 0 Å². The molecule has 4 heteroatoms. The molecule has 3 aromatic carbocycles. The molecule has 0 heterocycles. The molecule has 0 aromatic heterocycles. The Labute approximate surface area is 191 Å². The zero-order chi connectivity index (χ0) is 23.1. The van der Waals surface area contributed by atoms with E-state index in [1.807, 2.05) is 70.2 Å². The predicted octanol–water partition coefficient (Wildman–Crippen LogP) is 5.41. The second-order valence-electron chi connectivity index (χ2n) is 8.58. The van der Waals surface area contributed by atoms with E-state index in [2.05, 4.69) is 29.6 Å². The maximum Gasteiger partial charge on any atom is 0.242 e.